The number of hydrogen-bond donors (Lipinski definition) is 4. The van der Waals surface area contributed by atoms with Crippen molar-refractivity contribution in [3.63, 3.8) is 0 Å². The number of nitrogens with zero attached hydrogens (tertiary/aromatic N) is 2. The summed E-state index contributed by atoms with van der Waals surface area (Å²) in [6.07, 6.45) is -1.93. The minimum Gasteiger partial charge on any atom is -0.475 e. The van der Waals surface area contributed by atoms with Crippen molar-refractivity contribution in [2.45, 2.75) is 37.7 Å². The number of hydrogen-bond acceptors (Lipinski definition) is 9. The quantitative estimate of drug-likeness (QED) is 0.292. The number of aliphatic hydroxyl groups excluding tert-OH is 1. The summed E-state index contributed by atoms with van der Waals surface area (Å²) in [6.45, 7) is 0.853. The summed E-state index contributed by atoms with van der Waals surface area (Å²) in [5.41, 5.74) is 7.63. The highest BCUT2D eigenvalue weighted by Crippen LogP contribution is 2.41. The third-order valence-electron chi connectivity index (χ3n) is 4.71. The molecule has 1 saturated heterocycles. The highest BCUT2D eigenvalue weighted by Gasteiger charge is 2.38. The first-order valence-electron chi connectivity index (χ1n) is 10.1. The summed E-state index contributed by atoms with van der Waals surface area (Å²) >= 11 is 7.67. The monoisotopic (exact) mass is 532 g/mol. The van der Waals surface area contributed by atoms with Gasteiger partial charge in [-0.3, -0.25) is 0 Å². The Hall–Kier alpha value is -2.89. The summed E-state index contributed by atoms with van der Waals surface area (Å²) in [5.74, 6) is 4.33. The van der Waals surface area contributed by atoms with Gasteiger partial charge in [-0.1, -0.05) is 11.8 Å². The molecule has 3 aromatic heterocycles. The highest BCUT2D eigenvalue weighted by molar-refractivity contribution is 7.20. The molecule has 1 aliphatic heterocycles. The molecule has 1 aliphatic rings. The summed E-state index contributed by atoms with van der Waals surface area (Å²) < 4.78 is 43.9. The van der Waals surface area contributed by atoms with Crippen LogP contribution < -0.4 is 11.1 Å². The van der Waals surface area contributed by atoms with E-state index in [4.69, 9.17) is 36.4 Å². The van der Waals surface area contributed by atoms with E-state index in [1.807, 2.05) is 12.1 Å². The fourth-order valence-electron chi connectivity index (χ4n) is 3.19. The Morgan fingerprint density at radius 1 is 1.40 bits per heavy atom. The van der Waals surface area contributed by atoms with Crippen LogP contribution in [0.15, 0.2) is 22.8 Å². The van der Waals surface area contributed by atoms with Crippen molar-refractivity contribution < 1.29 is 37.3 Å². The van der Waals surface area contributed by atoms with E-state index in [0.29, 0.717) is 30.0 Å². The van der Waals surface area contributed by atoms with Gasteiger partial charge in [0.2, 0.25) is 5.28 Å². The Kier molecular flexibility index (Phi) is 8.92. The fourth-order valence-corrected chi connectivity index (χ4v) is 4.65. The van der Waals surface area contributed by atoms with Gasteiger partial charge in [-0.05, 0) is 36.6 Å². The molecule has 2 atom stereocenters. The molecule has 4 rings (SSSR count). The third kappa shape index (κ3) is 6.83. The molecule has 0 aromatic carbocycles. The van der Waals surface area contributed by atoms with Crippen molar-refractivity contribution >= 4 is 44.9 Å². The van der Waals surface area contributed by atoms with E-state index >= 15 is 0 Å². The molecule has 35 heavy (non-hydrogen) atoms. The number of nitrogens with two attached hydrogens (primary N) is 1. The van der Waals surface area contributed by atoms with Crippen molar-refractivity contribution in [3.8, 4) is 11.8 Å². The van der Waals surface area contributed by atoms with E-state index in [2.05, 4.69) is 27.1 Å². The number of fused-ring (bicyclic) bond motifs is 1. The van der Waals surface area contributed by atoms with Gasteiger partial charge in [0.05, 0.1) is 27.9 Å². The normalized spacial score (nSPS) is 17.8. The number of furan rings is 1. The Labute approximate surface area is 206 Å². The highest BCUT2D eigenvalue weighted by atomic mass is 35.5. The smallest absolute Gasteiger partial charge is 0.475 e. The average molecular weight is 533 g/mol. The number of aromatic nitrogens is 2. The van der Waals surface area contributed by atoms with E-state index in [9.17, 15) is 18.3 Å². The molecule has 1 fully saturated rings. The molecule has 0 unspecified atom stereocenters. The zero-order valence-electron chi connectivity index (χ0n) is 17.9. The van der Waals surface area contributed by atoms with E-state index in [1.54, 1.807) is 6.26 Å². The second kappa shape index (κ2) is 11.7. The van der Waals surface area contributed by atoms with Crippen LogP contribution in [0.2, 0.25) is 5.28 Å². The lowest BCUT2D eigenvalue weighted by molar-refractivity contribution is -0.192. The lowest BCUT2D eigenvalue weighted by Gasteiger charge is -2.28. The minimum atomic E-state index is -5.08. The molecular formula is C21H20ClF3N4O5S. The molecule has 3 aromatic rings. The summed E-state index contributed by atoms with van der Waals surface area (Å²) in [5, 5.41) is 19.7. The summed E-state index contributed by atoms with van der Waals surface area (Å²) in [7, 11) is 0. The van der Waals surface area contributed by atoms with Gasteiger partial charge in [0.15, 0.2) is 0 Å². The van der Waals surface area contributed by atoms with Crippen LogP contribution >= 0.6 is 22.9 Å². The number of carbonyl (C=O) groups is 1. The molecule has 0 amide bonds. The van der Waals surface area contributed by atoms with E-state index in [-0.39, 0.29) is 24.0 Å². The van der Waals surface area contributed by atoms with Crippen LogP contribution in [0.1, 0.15) is 35.1 Å². The van der Waals surface area contributed by atoms with E-state index in [1.165, 1.54) is 11.3 Å². The second-order valence-electron chi connectivity index (χ2n) is 7.15. The topological polar surface area (TPSA) is 144 Å². The number of ether oxygens (including phenoxy) is 1. The van der Waals surface area contributed by atoms with Crippen molar-refractivity contribution in [1.82, 2.24) is 9.97 Å². The molecule has 0 saturated carbocycles. The Bertz CT molecular complexity index is 1220. The van der Waals surface area contributed by atoms with Gasteiger partial charge in [-0.15, -0.1) is 11.3 Å². The number of thiophene rings is 1. The fraction of sp³-hybridized carbons (Fsp3) is 0.381. The lowest BCUT2D eigenvalue weighted by atomic mass is 10.00. The van der Waals surface area contributed by atoms with Crippen LogP contribution in [0.4, 0.5) is 19.0 Å². The number of alkyl halides is 3. The predicted molar refractivity (Wildman–Crippen MR) is 122 cm³/mol. The average Bonchev–Trinajstić information content (AvgIpc) is 3.44. The first-order chi connectivity index (χ1) is 16.6. The molecule has 0 radical (unpaired) electrons. The van der Waals surface area contributed by atoms with Gasteiger partial charge in [-0.2, -0.15) is 18.2 Å². The number of carboxylic acid groups (broad SMARTS) is 1. The molecule has 0 bridgehead atoms. The number of aliphatic carboxylic acids is 1. The Morgan fingerprint density at radius 2 is 2.14 bits per heavy atom. The van der Waals surface area contributed by atoms with Crippen molar-refractivity contribution in [3.05, 3.63) is 39.9 Å². The van der Waals surface area contributed by atoms with Crippen LogP contribution in [-0.2, 0) is 16.1 Å². The van der Waals surface area contributed by atoms with E-state index in [0.717, 1.165) is 28.2 Å². The first-order valence-corrected chi connectivity index (χ1v) is 11.3. The molecule has 0 spiro atoms. The predicted octanol–water partition coefficient (Wildman–Crippen LogP) is 3.71. The number of rotatable bonds is 4. The van der Waals surface area contributed by atoms with Gasteiger partial charge >= 0.3 is 12.1 Å². The molecule has 14 heteroatoms. The zero-order chi connectivity index (χ0) is 25.6. The number of aliphatic hydroxyl groups is 1. The number of carboxylic acids is 1. The second-order valence-corrected chi connectivity index (χ2v) is 8.54. The lowest BCUT2D eigenvalue weighted by Crippen LogP contribution is -2.34. The minimum absolute atomic E-state index is 0.111. The summed E-state index contributed by atoms with van der Waals surface area (Å²) in [6, 6.07) is 3.58. The number of nitrogens with one attached hydrogen (secondary N) is 1. The largest absolute Gasteiger partial charge is 0.490 e. The van der Waals surface area contributed by atoms with Crippen LogP contribution in [0.3, 0.4) is 0 Å². The molecule has 0 aliphatic carbocycles. The maximum absolute atomic E-state index is 10.6. The summed E-state index contributed by atoms with van der Waals surface area (Å²) in [4.78, 5) is 18.5. The standard InChI is InChI=1S/C19H19ClN4O3S.C2HF3O2/c20-19-23-14-12(5-1-7-25)16(15-13(21)6-3-9-27-15)28-17(14)18(24-19)22-10-11-4-2-8-26-11;3-2(4,5)1(6)7/h2,4,8,13,15,25H,3,6-7,9-10,21H2,(H,22,23,24);(H,6,7)/t13-,15-;/m0./s1. The van der Waals surface area contributed by atoms with Crippen molar-refractivity contribution in [2.24, 2.45) is 5.73 Å². The molecule has 5 N–H and O–H groups in total. The Morgan fingerprint density at radius 3 is 2.74 bits per heavy atom. The van der Waals surface area contributed by atoms with Gasteiger partial charge in [0.1, 0.15) is 29.8 Å². The van der Waals surface area contributed by atoms with Crippen LogP contribution in [-0.4, -0.2) is 51.6 Å². The molecule has 4 heterocycles. The third-order valence-corrected chi connectivity index (χ3v) is 6.12. The van der Waals surface area contributed by atoms with Gasteiger partial charge in [0.25, 0.3) is 0 Å². The number of halogens is 4. The maximum Gasteiger partial charge on any atom is 0.490 e. The van der Waals surface area contributed by atoms with Crippen LogP contribution in [0, 0.1) is 11.8 Å². The van der Waals surface area contributed by atoms with Crippen LogP contribution in [0.5, 0.6) is 0 Å². The maximum atomic E-state index is 10.6. The first kappa shape index (κ1) is 26.7. The van der Waals surface area contributed by atoms with Crippen molar-refractivity contribution in [1.29, 1.82) is 0 Å². The van der Waals surface area contributed by atoms with Crippen molar-refractivity contribution in [2.75, 3.05) is 18.5 Å². The van der Waals surface area contributed by atoms with E-state index < -0.39 is 12.1 Å². The van der Waals surface area contributed by atoms with Gasteiger partial charge in [-0.25, -0.2) is 9.78 Å². The number of anilines is 1. The van der Waals surface area contributed by atoms with Gasteiger partial charge < -0.3 is 30.4 Å². The Balaban J connectivity index is 0.000000429. The van der Waals surface area contributed by atoms with Gasteiger partial charge in [0, 0.05) is 12.6 Å². The zero-order valence-corrected chi connectivity index (χ0v) is 19.5. The molecule has 9 nitrogen and oxygen atoms in total. The molecule has 188 valence electrons. The SMILES string of the molecule is N[C@H]1CCCO[C@@H]1c1sc2c(NCc3ccco3)nc(Cl)nc2c1C#CCO.O=C(O)C(F)(F)F. The molecular weight excluding hydrogens is 513 g/mol. The van der Waals surface area contributed by atoms with Crippen LogP contribution in [0.25, 0.3) is 10.2 Å².